The lowest BCUT2D eigenvalue weighted by molar-refractivity contribution is -0.292. The van der Waals surface area contributed by atoms with Crippen LogP contribution in [0.25, 0.3) is 0 Å². The van der Waals surface area contributed by atoms with E-state index in [0.29, 0.717) is 24.3 Å². The number of carbonyl (C=O) groups excluding carboxylic acids is 2. The summed E-state index contributed by atoms with van der Waals surface area (Å²) in [6.07, 6.45) is 2.62. The van der Waals surface area contributed by atoms with Crippen molar-refractivity contribution < 1.29 is 27.8 Å². The molecule has 1 unspecified atom stereocenters. The summed E-state index contributed by atoms with van der Waals surface area (Å²) in [6, 6.07) is 12.5. The highest BCUT2D eigenvalue weighted by Crippen LogP contribution is 2.52. The number of likely N-dealkylation sites (tertiary alicyclic amines) is 1. The maximum atomic E-state index is 15.0. The van der Waals surface area contributed by atoms with Gasteiger partial charge in [0.2, 0.25) is 0 Å². The van der Waals surface area contributed by atoms with E-state index >= 15 is 0 Å². The molecule has 0 aliphatic carbocycles. The molecule has 8 heteroatoms. The quantitative estimate of drug-likeness (QED) is 0.660. The molecular formula is C23H21F2NO4S. The average molecular weight is 445 g/mol. The lowest BCUT2D eigenvalue weighted by atomic mass is 9.85. The van der Waals surface area contributed by atoms with Crippen LogP contribution in [0.5, 0.6) is 0 Å². The summed E-state index contributed by atoms with van der Waals surface area (Å²) in [4.78, 5) is 26.0. The maximum Gasteiger partial charge on any atom is 0.335 e. The van der Waals surface area contributed by atoms with Crippen LogP contribution in [0.2, 0.25) is 0 Å². The molecule has 0 radical (unpaired) electrons. The molecule has 1 atom stereocenters. The van der Waals surface area contributed by atoms with Crippen molar-refractivity contribution in [3.8, 4) is 0 Å². The molecule has 0 bridgehead atoms. The molecular weight excluding hydrogens is 424 g/mol. The van der Waals surface area contributed by atoms with Crippen molar-refractivity contribution in [2.45, 2.75) is 29.3 Å². The van der Waals surface area contributed by atoms with E-state index in [9.17, 15) is 18.4 Å². The Morgan fingerprint density at radius 3 is 2.29 bits per heavy atom. The zero-order valence-electron chi connectivity index (χ0n) is 16.8. The zero-order valence-corrected chi connectivity index (χ0v) is 17.7. The number of hydrogen-bond donors (Lipinski definition) is 0. The molecule has 2 aliphatic rings. The fourth-order valence-corrected chi connectivity index (χ4v) is 5.41. The molecule has 2 aromatic carbocycles. The molecule has 0 saturated carbocycles. The molecule has 0 N–H and O–H groups in total. The molecule has 31 heavy (non-hydrogen) atoms. The lowest BCUT2D eigenvalue weighted by Gasteiger charge is -2.50. The monoisotopic (exact) mass is 445 g/mol. The molecule has 0 aromatic heterocycles. The average Bonchev–Trinajstić information content (AvgIpc) is 2.89. The summed E-state index contributed by atoms with van der Waals surface area (Å²) in [5, 5.41) is 0. The molecule has 1 spiro atoms. The predicted molar refractivity (Wildman–Crippen MR) is 112 cm³/mol. The van der Waals surface area contributed by atoms with Gasteiger partial charge in [-0.1, -0.05) is 30.3 Å². The number of thioether (sulfide) groups is 1. The van der Waals surface area contributed by atoms with Crippen LogP contribution in [0, 0.1) is 11.6 Å². The first kappa shape index (κ1) is 21.5. The first-order valence-corrected chi connectivity index (χ1v) is 10.8. The third kappa shape index (κ3) is 4.36. The fraction of sp³-hybridized carbons (Fsp3) is 0.304. The van der Waals surface area contributed by atoms with Crippen molar-refractivity contribution in [2.75, 3.05) is 13.6 Å². The van der Waals surface area contributed by atoms with E-state index in [1.165, 1.54) is 30.0 Å². The molecule has 2 aromatic rings. The highest BCUT2D eigenvalue weighted by atomic mass is 32.2. The predicted octanol–water partition coefficient (Wildman–Crippen LogP) is 4.13. The van der Waals surface area contributed by atoms with Crippen LogP contribution < -0.4 is 0 Å². The van der Waals surface area contributed by atoms with E-state index in [1.54, 1.807) is 42.3 Å². The van der Waals surface area contributed by atoms with Crippen LogP contribution in [0.15, 0.2) is 60.7 Å². The minimum atomic E-state index is -1.66. The fourth-order valence-electron chi connectivity index (χ4n) is 3.93. The summed E-state index contributed by atoms with van der Waals surface area (Å²) < 4.78 is 38.6. The van der Waals surface area contributed by atoms with Crippen LogP contribution in [-0.4, -0.2) is 36.3 Å². The normalized spacial score (nSPS) is 23.3. The summed E-state index contributed by atoms with van der Waals surface area (Å²) in [5.41, 5.74) is 1.31. The van der Waals surface area contributed by atoms with Gasteiger partial charge in [0.1, 0.15) is 11.6 Å². The number of halogens is 2. The van der Waals surface area contributed by atoms with Crippen LogP contribution in [0.4, 0.5) is 8.78 Å². The summed E-state index contributed by atoms with van der Waals surface area (Å²) in [7, 11) is 1.70. The Morgan fingerprint density at radius 1 is 1.00 bits per heavy atom. The van der Waals surface area contributed by atoms with E-state index in [1.807, 2.05) is 0 Å². The Bertz CT molecular complexity index is 1010. The number of ether oxygens (including phenoxy) is 2. The highest BCUT2D eigenvalue weighted by Gasteiger charge is 2.55. The van der Waals surface area contributed by atoms with Crippen molar-refractivity contribution in [2.24, 2.45) is 0 Å². The first-order chi connectivity index (χ1) is 14.8. The van der Waals surface area contributed by atoms with Gasteiger partial charge >= 0.3 is 17.8 Å². The molecule has 2 aliphatic heterocycles. The third-order valence-electron chi connectivity index (χ3n) is 5.61. The van der Waals surface area contributed by atoms with Gasteiger partial charge in [-0.25, -0.2) is 23.3 Å². The number of nitrogens with zero attached hydrogens (tertiary/aromatic N) is 1. The minimum Gasteiger partial charge on any atom is -0.405 e. The van der Waals surface area contributed by atoms with Gasteiger partial charge in [-0.05, 0) is 37.2 Å². The van der Waals surface area contributed by atoms with Gasteiger partial charge in [-0.3, -0.25) is 0 Å². The summed E-state index contributed by atoms with van der Waals surface area (Å²) >= 11 is 1.46. The largest absolute Gasteiger partial charge is 0.405 e. The molecule has 2 heterocycles. The number of rotatable bonds is 4. The molecule has 1 saturated heterocycles. The van der Waals surface area contributed by atoms with Gasteiger partial charge in [-0.15, -0.1) is 11.8 Å². The zero-order chi connectivity index (χ0) is 22.1. The topological polar surface area (TPSA) is 55.8 Å². The second-order valence-corrected chi connectivity index (χ2v) is 8.98. The number of carbonyl (C=O) groups is 2. The smallest absolute Gasteiger partial charge is 0.335 e. The van der Waals surface area contributed by atoms with E-state index in [-0.39, 0.29) is 12.2 Å². The Balaban J connectivity index is 1.73. The number of benzene rings is 2. The molecule has 4 rings (SSSR count). The van der Waals surface area contributed by atoms with Gasteiger partial charge in [0.15, 0.2) is 0 Å². The summed E-state index contributed by atoms with van der Waals surface area (Å²) in [6.45, 7) is 0.394. The summed E-state index contributed by atoms with van der Waals surface area (Å²) in [5.74, 6) is -3.32. The van der Waals surface area contributed by atoms with E-state index in [2.05, 4.69) is 0 Å². The van der Waals surface area contributed by atoms with Crippen LogP contribution in [0.3, 0.4) is 0 Å². The molecule has 1 fully saturated rings. The second kappa shape index (κ2) is 8.43. The number of piperidine rings is 1. The third-order valence-corrected chi connectivity index (χ3v) is 7.21. The van der Waals surface area contributed by atoms with Gasteiger partial charge < -0.3 is 9.47 Å². The van der Waals surface area contributed by atoms with Gasteiger partial charge in [0, 0.05) is 30.0 Å². The lowest BCUT2D eigenvalue weighted by Crippen LogP contribution is -2.60. The van der Waals surface area contributed by atoms with E-state index in [4.69, 9.17) is 9.47 Å². The van der Waals surface area contributed by atoms with Crippen molar-refractivity contribution in [3.63, 3.8) is 0 Å². The standard InChI is InChI=1S/C23H21F2NO4S/c1-26-13-12-22(18-4-2-3-5-19(18)25,31-14-16-6-8-17(24)9-7-16)15-23(26)29-20(27)10-11-21(28)30-23/h2-11H,12-15H2,1H3. The van der Waals surface area contributed by atoms with Crippen LogP contribution >= 0.6 is 11.8 Å². The SMILES string of the molecule is CN1CCC(SCc2ccc(F)cc2)(c2ccccc2F)CC12OC(=O)C=CC(=O)O2. The Labute approximate surface area is 183 Å². The van der Waals surface area contributed by atoms with Crippen molar-refractivity contribution >= 4 is 23.7 Å². The molecule has 0 amide bonds. The van der Waals surface area contributed by atoms with E-state index < -0.39 is 28.4 Å². The van der Waals surface area contributed by atoms with Crippen molar-refractivity contribution in [1.82, 2.24) is 4.90 Å². The number of hydrogen-bond acceptors (Lipinski definition) is 6. The van der Waals surface area contributed by atoms with Crippen LogP contribution in [0.1, 0.15) is 24.0 Å². The van der Waals surface area contributed by atoms with Crippen LogP contribution in [-0.2, 0) is 29.6 Å². The van der Waals surface area contributed by atoms with Crippen molar-refractivity contribution in [3.05, 3.63) is 83.4 Å². The van der Waals surface area contributed by atoms with Gasteiger partial charge in [0.25, 0.3) is 0 Å². The number of esters is 2. The first-order valence-electron chi connectivity index (χ1n) is 9.81. The maximum absolute atomic E-state index is 15.0. The molecule has 5 nitrogen and oxygen atoms in total. The Kier molecular flexibility index (Phi) is 5.85. The Hall–Kier alpha value is -2.71. The highest BCUT2D eigenvalue weighted by molar-refractivity contribution is 7.99. The van der Waals surface area contributed by atoms with Crippen molar-refractivity contribution in [1.29, 1.82) is 0 Å². The second-order valence-electron chi connectivity index (χ2n) is 7.63. The molecule has 162 valence electrons. The minimum absolute atomic E-state index is 0.0441. The Morgan fingerprint density at radius 2 is 1.65 bits per heavy atom. The van der Waals surface area contributed by atoms with Gasteiger partial charge in [0.05, 0.1) is 11.2 Å². The van der Waals surface area contributed by atoms with Gasteiger partial charge in [-0.2, -0.15) is 0 Å². The van der Waals surface area contributed by atoms with E-state index in [0.717, 1.165) is 17.7 Å².